The van der Waals surface area contributed by atoms with Gasteiger partial charge in [-0.25, -0.2) is 0 Å². The van der Waals surface area contributed by atoms with Gasteiger partial charge in [-0.1, -0.05) is 24.3 Å². The number of ketones is 1. The van der Waals surface area contributed by atoms with Crippen molar-refractivity contribution in [3.05, 3.63) is 65.7 Å². The van der Waals surface area contributed by atoms with Crippen LogP contribution in [0.3, 0.4) is 0 Å². The number of hydrogen-bond donors (Lipinski definition) is 2. The van der Waals surface area contributed by atoms with Crippen molar-refractivity contribution in [2.24, 2.45) is 0 Å². The molecule has 0 unspecified atom stereocenters. The molecule has 0 saturated carbocycles. The fourth-order valence-corrected chi connectivity index (χ4v) is 3.06. The number of benzene rings is 2. The maximum absolute atomic E-state index is 12.4. The molecular weight excluding hydrogens is 326 g/mol. The molecule has 0 fully saturated rings. The van der Waals surface area contributed by atoms with E-state index in [0.717, 1.165) is 30.6 Å². The highest BCUT2D eigenvalue weighted by Gasteiger charge is 2.09. The molecule has 4 rings (SSSR count). The van der Waals surface area contributed by atoms with Crippen LogP contribution in [-0.4, -0.2) is 21.2 Å². The summed E-state index contributed by atoms with van der Waals surface area (Å²) in [5.74, 6) is 1.34. The van der Waals surface area contributed by atoms with Crippen molar-refractivity contribution in [3.63, 3.8) is 0 Å². The highest BCUT2D eigenvalue weighted by atomic mass is 16.1. The molecule has 6 heteroatoms. The van der Waals surface area contributed by atoms with Crippen molar-refractivity contribution < 1.29 is 4.79 Å². The number of anilines is 4. The summed E-state index contributed by atoms with van der Waals surface area (Å²) >= 11 is 0. The zero-order chi connectivity index (χ0) is 17.8. The van der Waals surface area contributed by atoms with Gasteiger partial charge in [-0.2, -0.15) is 0 Å². The van der Waals surface area contributed by atoms with Gasteiger partial charge in [-0.15, -0.1) is 10.2 Å². The van der Waals surface area contributed by atoms with E-state index in [1.54, 1.807) is 6.07 Å². The SMILES string of the molecule is O=C1CCCCc2cccc(c2)Nc2cc(nnn2)Nc2cccc1c2. The molecule has 0 radical (unpaired) electrons. The van der Waals surface area contributed by atoms with Gasteiger partial charge in [0.1, 0.15) is 0 Å². The van der Waals surface area contributed by atoms with Crippen molar-refractivity contribution in [1.29, 1.82) is 0 Å². The fourth-order valence-electron chi connectivity index (χ4n) is 3.06. The van der Waals surface area contributed by atoms with Gasteiger partial charge in [0.25, 0.3) is 0 Å². The molecule has 1 aromatic heterocycles. The number of aromatic nitrogens is 3. The predicted molar refractivity (Wildman–Crippen MR) is 101 cm³/mol. The Morgan fingerprint density at radius 1 is 0.769 bits per heavy atom. The van der Waals surface area contributed by atoms with Crippen LogP contribution in [0.25, 0.3) is 0 Å². The molecule has 0 aliphatic carbocycles. The van der Waals surface area contributed by atoms with Crippen molar-refractivity contribution in [2.45, 2.75) is 25.7 Å². The fraction of sp³-hybridized carbons (Fsp3) is 0.200. The van der Waals surface area contributed by atoms with Crippen molar-refractivity contribution >= 4 is 28.8 Å². The van der Waals surface area contributed by atoms with Gasteiger partial charge in [0, 0.05) is 29.4 Å². The van der Waals surface area contributed by atoms with E-state index in [1.165, 1.54) is 5.56 Å². The summed E-state index contributed by atoms with van der Waals surface area (Å²) in [5, 5.41) is 18.3. The molecule has 6 nitrogen and oxygen atoms in total. The average molecular weight is 345 g/mol. The summed E-state index contributed by atoms with van der Waals surface area (Å²) in [6.07, 6.45) is 3.35. The van der Waals surface area contributed by atoms with E-state index in [1.807, 2.05) is 36.4 Å². The first-order chi connectivity index (χ1) is 12.8. The predicted octanol–water partition coefficient (Wildman–Crippen LogP) is 4.27. The molecule has 2 heterocycles. The minimum atomic E-state index is 0.165. The first-order valence-corrected chi connectivity index (χ1v) is 8.73. The third-order valence-electron chi connectivity index (χ3n) is 4.35. The Balaban J connectivity index is 1.69. The summed E-state index contributed by atoms with van der Waals surface area (Å²) in [6, 6.07) is 17.5. The van der Waals surface area contributed by atoms with Crippen LogP contribution in [0.15, 0.2) is 54.6 Å². The first-order valence-electron chi connectivity index (χ1n) is 8.73. The van der Waals surface area contributed by atoms with E-state index in [2.05, 4.69) is 38.2 Å². The minimum absolute atomic E-state index is 0.165. The molecule has 3 aromatic rings. The summed E-state index contributed by atoms with van der Waals surface area (Å²) in [6.45, 7) is 0. The standard InChI is InChI=1S/C20H19N5O/c26-18-10-2-1-5-14-6-3-8-16(11-14)21-19-13-20(24-25-23-19)22-17-9-4-7-15(18)12-17/h3-4,6-9,11-13H,1-2,5,10H2,(H2,21,22,23,24). The van der Waals surface area contributed by atoms with Crippen LogP contribution in [-0.2, 0) is 6.42 Å². The Morgan fingerprint density at radius 3 is 2.27 bits per heavy atom. The van der Waals surface area contributed by atoms with Gasteiger partial charge >= 0.3 is 0 Å². The number of carbonyl (C=O) groups is 1. The largest absolute Gasteiger partial charge is 0.339 e. The smallest absolute Gasteiger partial charge is 0.162 e. The van der Waals surface area contributed by atoms with Gasteiger partial charge in [-0.3, -0.25) is 4.79 Å². The molecule has 130 valence electrons. The Labute approximate surface area is 151 Å². The number of nitrogens with zero attached hydrogens (tertiary/aromatic N) is 3. The van der Waals surface area contributed by atoms with E-state index >= 15 is 0 Å². The molecular formula is C20H19N5O. The zero-order valence-corrected chi connectivity index (χ0v) is 14.3. The molecule has 1 aliphatic rings. The lowest BCUT2D eigenvalue weighted by molar-refractivity contribution is 0.0979. The number of rotatable bonds is 0. The third kappa shape index (κ3) is 3.85. The lowest BCUT2D eigenvalue weighted by atomic mass is 10.0. The molecule has 0 saturated heterocycles. The molecule has 1 aliphatic heterocycles. The maximum Gasteiger partial charge on any atom is 0.162 e. The van der Waals surface area contributed by atoms with E-state index in [-0.39, 0.29) is 5.78 Å². The highest BCUT2D eigenvalue weighted by molar-refractivity contribution is 5.97. The quantitative estimate of drug-likeness (QED) is 0.633. The summed E-state index contributed by atoms with van der Waals surface area (Å²) < 4.78 is 0. The Morgan fingerprint density at radius 2 is 1.46 bits per heavy atom. The zero-order valence-electron chi connectivity index (χ0n) is 14.3. The van der Waals surface area contributed by atoms with Crippen LogP contribution >= 0.6 is 0 Å². The Hall–Kier alpha value is -3.28. The molecule has 0 spiro atoms. The van der Waals surface area contributed by atoms with Crippen molar-refractivity contribution in [1.82, 2.24) is 15.4 Å². The van der Waals surface area contributed by atoms with E-state index in [0.29, 0.717) is 23.6 Å². The van der Waals surface area contributed by atoms with Crippen molar-refractivity contribution in [3.8, 4) is 0 Å². The van der Waals surface area contributed by atoms with Crippen LogP contribution in [0.2, 0.25) is 0 Å². The molecule has 0 atom stereocenters. The van der Waals surface area contributed by atoms with E-state index < -0.39 is 0 Å². The second kappa shape index (κ2) is 7.31. The maximum atomic E-state index is 12.4. The van der Waals surface area contributed by atoms with Crippen LogP contribution in [0.5, 0.6) is 0 Å². The highest BCUT2D eigenvalue weighted by Crippen LogP contribution is 2.22. The number of hydrogen-bond acceptors (Lipinski definition) is 6. The van der Waals surface area contributed by atoms with Gasteiger partial charge in [-0.05, 0) is 54.3 Å². The summed E-state index contributed by atoms with van der Waals surface area (Å²) in [7, 11) is 0. The Kier molecular flexibility index (Phi) is 4.55. The van der Waals surface area contributed by atoms with Crippen LogP contribution in [0.1, 0.15) is 35.2 Å². The van der Waals surface area contributed by atoms with Gasteiger partial charge in [0.05, 0.1) is 0 Å². The summed E-state index contributed by atoms with van der Waals surface area (Å²) in [5.41, 5.74) is 3.71. The molecule has 26 heavy (non-hydrogen) atoms. The monoisotopic (exact) mass is 345 g/mol. The normalized spacial score (nSPS) is 14.2. The lowest BCUT2D eigenvalue weighted by Crippen LogP contribution is -2.04. The van der Waals surface area contributed by atoms with Crippen molar-refractivity contribution in [2.75, 3.05) is 10.6 Å². The molecule has 6 bridgehead atoms. The molecule has 0 amide bonds. The topological polar surface area (TPSA) is 79.8 Å². The lowest BCUT2D eigenvalue weighted by Gasteiger charge is -2.11. The average Bonchev–Trinajstić information content (AvgIpc) is 2.65. The summed E-state index contributed by atoms with van der Waals surface area (Å²) in [4.78, 5) is 12.4. The third-order valence-corrected chi connectivity index (χ3v) is 4.35. The van der Waals surface area contributed by atoms with E-state index in [4.69, 9.17) is 0 Å². The first kappa shape index (κ1) is 16.2. The second-order valence-electron chi connectivity index (χ2n) is 6.37. The number of Topliss-reactive ketones (excluding diaryl/α,β-unsaturated/α-hetero) is 1. The van der Waals surface area contributed by atoms with Gasteiger partial charge < -0.3 is 10.6 Å². The molecule has 2 aromatic carbocycles. The Bertz CT molecular complexity index is 941. The van der Waals surface area contributed by atoms with E-state index in [9.17, 15) is 4.79 Å². The van der Waals surface area contributed by atoms with Gasteiger partial charge in [0.15, 0.2) is 17.4 Å². The van der Waals surface area contributed by atoms with Crippen LogP contribution in [0, 0.1) is 0 Å². The number of aryl methyl sites for hydroxylation is 1. The van der Waals surface area contributed by atoms with Gasteiger partial charge in [0.2, 0.25) is 0 Å². The number of fused-ring (bicyclic) bond motifs is 6. The number of nitrogens with one attached hydrogen (secondary N) is 2. The number of carbonyl (C=O) groups excluding carboxylic acids is 1. The second-order valence-corrected chi connectivity index (χ2v) is 6.37. The minimum Gasteiger partial charge on any atom is -0.339 e. The van der Waals surface area contributed by atoms with Crippen LogP contribution < -0.4 is 10.6 Å². The van der Waals surface area contributed by atoms with Crippen LogP contribution in [0.4, 0.5) is 23.0 Å². The molecule has 2 N–H and O–H groups in total.